The lowest BCUT2D eigenvalue weighted by Gasteiger charge is -2.03. The van der Waals surface area contributed by atoms with E-state index in [-0.39, 0.29) is 25.4 Å². The van der Waals surface area contributed by atoms with Crippen molar-refractivity contribution in [1.29, 1.82) is 0 Å². The highest BCUT2D eigenvalue weighted by Crippen LogP contribution is 1.86. The van der Waals surface area contributed by atoms with Crippen LogP contribution in [0.5, 0.6) is 0 Å². The van der Waals surface area contributed by atoms with Gasteiger partial charge in [-0.2, -0.15) is 0 Å². The number of hydrogen-bond donors (Lipinski definition) is 1. The van der Waals surface area contributed by atoms with Gasteiger partial charge in [0.15, 0.2) is 5.78 Å². The minimum absolute atomic E-state index is 0.0191. The molecule has 14 heavy (non-hydrogen) atoms. The molecule has 0 heterocycles. The summed E-state index contributed by atoms with van der Waals surface area (Å²) in [7, 11) is 0. The summed E-state index contributed by atoms with van der Waals surface area (Å²) in [5.74, 6) is -1.12. The second-order valence-electron chi connectivity index (χ2n) is 2.65. The maximum absolute atomic E-state index is 11.0. The Hall–Kier alpha value is -1.39. The van der Waals surface area contributed by atoms with E-state index >= 15 is 0 Å². The van der Waals surface area contributed by atoms with Gasteiger partial charge < -0.3 is 10.1 Å². The Balaban J connectivity index is 3.65. The number of rotatable bonds is 6. The summed E-state index contributed by atoms with van der Waals surface area (Å²) in [6.45, 7) is 3.60. The predicted molar refractivity (Wildman–Crippen MR) is 49.6 cm³/mol. The molecule has 1 amide bonds. The van der Waals surface area contributed by atoms with Gasteiger partial charge in [-0.1, -0.05) is 6.92 Å². The lowest BCUT2D eigenvalue weighted by molar-refractivity contribution is -0.146. The van der Waals surface area contributed by atoms with Gasteiger partial charge in [-0.05, 0) is 6.92 Å². The maximum atomic E-state index is 11.0. The molecule has 0 saturated heterocycles. The fourth-order valence-electron chi connectivity index (χ4n) is 0.728. The Kier molecular flexibility index (Phi) is 6.36. The van der Waals surface area contributed by atoms with E-state index in [2.05, 4.69) is 10.1 Å². The van der Waals surface area contributed by atoms with Gasteiger partial charge in [0.05, 0.1) is 13.2 Å². The summed E-state index contributed by atoms with van der Waals surface area (Å²) in [5.41, 5.74) is 0. The minimum Gasteiger partial charge on any atom is -0.466 e. The third-order valence-electron chi connectivity index (χ3n) is 1.49. The molecule has 0 rings (SSSR count). The lowest BCUT2D eigenvalue weighted by Crippen LogP contribution is -2.31. The number of ether oxygens (including phenoxy) is 1. The van der Waals surface area contributed by atoms with E-state index in [0.717, 1.165) is 0 Å². The summed E-state index contributed by atoms with van der Waals surface area (Å²) in [6, 6.07) is 0. The van der Waals surface area contributed by atoms with Gasteiger partial charge in [-0.25, -0.2) is 0 Å². The second-order valence-corrected chi connectivity index (χ2v) is 2.65. The van der Waals surface area contributed by atoms with Crippen LogP contribution in [0, 0.1) is 0 Å². The van der Waals surface area contributed by atoms with Crippen LogP contribution in [0.2, 0.25) is 0 Å². The molecule has 0 fully saturated rings. The molecular formula is C9H15NO4. The molecule has 0 aliphatic carbocycles. The van der Waals surface area contributed by atoms with Crippen LogP contribution in [0.25, 0.3) is 0 Å². The monoisotopic (exact) mass is 201 g/mol. The van der Waals surface area contributed by atoms with Crippen molar-refractivity contribution in [2.45, 2.75) is 26.7 Å². The average molecular weight is 201 g/mol. The van der Waals surface area contributed by atoms with E-state index in [1.165, 1.54) is 0 Å². The van der Waals surface area contributed by atoms with Gasteiger partial charge in [-0.15, -0.1) is 0 Å². The van der Waals surface area contributed by atoms with Crippen molar-refractivity contribution in [3.8, 4) is 0 Å². The smallest absolute Gasteiger partial charge is 0.315 e. The molecule has 0 saturated carbocycles. The van der Waals surface area contributed by atoms with Crippen molar-refractivity contribution in [3.63, 3.8) is 0 Å². The normalized spacial score (nSPS) is 9.29. The molecule has 0 unspecified atom stereocenters. The van der Waals surface area contributed by atoms with Gasteiger partial charge in [0.1, 0.15) is 6.42 Å². The van der Waals surface area contributed by atoms with E-state index in [9.17, 15) is 14.4 Å². The van der Waals surface area contributed by atoms with Crippen LogP contribution in [0.3, 0.4) is 0 Å². The Morgan fingerprint density at radius 1 is 1.21 bits per heavy atom. The van der Waals surface area contributed by atoms with Crippen LogP contribution in [-0.2, 0) is 19.1 Å². The SMILES string of the molecule is CCOC(=O)CC(=O)NCC(=O)CC. The Labute approximate surface area is 82.8 Å². The summed E-state index contributed by atoms with van der Waals surface area (Å²) in [5, 5.41) is 2.33. The number of nitrogens with one attached hydrogen (secondary N) is 1. The third kappa shape index (κ3) is 6.16. The van der Waals surface area contributed by atoms with E-state index in [0.29, 0.717) is 6.42 Å². The number of ketones is 1. The highest BCUT2D eigenvalue weighted by atomic mass is 16.5. The molecule has 0 spiro atoms. The van der Waals surface area contributed by atoms with Gasteiger partial charge in [0, 0.05) is 6.42 Å². The van der Waals surface area contributed by atoms with E-state index in [1.54, 1.807) is 13.8 Å². The first kappa shape index (κ1) is 12.6. The Bertz CT molecular complexity index is 225. The number of esters is 1. The van der Waals surface area contributed by atoms with Gasteiger partial charge >= 0.3 is 5.97 Å². The molecule has 5 nitrogen and oxygen atoms in total. The standard InChI is InChI=1S/C9H15NO4/c1-3-7(11)6-10-8(12)5-9(13)14-4-2/h3-6H2,1-2H3,(H,10,12). The van der Waals surface area contributed by atoms with Crippen molar-refractivity contribution < 1.29 is 19.1 Å². The van der Waals surface area contributed by atoms with Crippen LogP contribution in [0.1, 0.15) is 26.7 Å². The van der Waals surface area contributed by atoms with Crippen LogP contribution in [0.4, 0.5) is 0 Å². The van der Waals surface area contributed by atoms with E-state index in [4.69, 9.17) is 0 Å². The molecule has 0 aliphatic rings. The van der Waals surface area contributed by atoms with Gasteiger partial charge in [0.25, 0.3) is 0 Å². The molecule has 0 aromatic rings. The summed E-state index contributed by atoms with van der Waals surface area (Å²) < 4.78 is 4.56. The Morgan fingerprint density at radius 2 is 1.86 bits per heavy atom. The van der Waals surface area contributed by atoms with E-state index < -0.39 is 11.9 Å². The molecule has 80 valence electrons. The average Bonchev–Trinajstić information content (AvgIpc) is 2.14. The quantitative estimate of drug-likeness (QED) is 0.486. The van der Waals surface area contributed by atoms with Crippen LogP contribution in [-0.4, -0.2) is 30.8 Å². The molecule has 1 N–H and O–H groups in total. The van der Waals surface area contributed by atoms with Gasteiger partial charge in [0.2, 0.25) is 5.91 Å². The van der Waals surface area contributed by atoms with Crippen molar-refractivity contribution in [1.82, 2.24) is 5.32 Å². The number of hydrogen-bond acceptors (Lipinski definition) is 4. The molecular weight excluding hydrogens is 186 g/mol. The van der Waals surface area contributed by atoms with Crippen LogP contribution >= 0.6 is 0 Å². The molecule has 0 aromatic heterocycles. The number of carbonyl (C=O) groups excluding carboxylic acids is 3. The summed E-state index contributed by atoms with van der Waals surface area (Å²) >= 11 is 0. The topological polar surface area (TPSA) is 72.5 Å². The fraction of sp³-hybridized carbons (Fsp3) is 0.667. The van der Waals surface area contributed by atoms with Crippen molar-refractivity contribution in [3.05, 3.63) is 0 Å². The number of Topliss-reactive ketones (excluding diaryl/α,β-unsaturated/α-hetero) is 1. The number of amides is 1. The highest BCUT2D eigenvalue weighted by molar-refractivity contribution is 5.96. The lowest BCUT2D eigenvalue weighted by atomic mass is 10.3. The largest absolute Gasteiger partial charge is 0.466 e. The van der Waals surface area contributed by atoms with Crippen molar-refractivity contribution in [2.24, 2.45) is 0 Å². The molecule has 0 aliphatic heterocycles. The maximum Gasteiger partial charge on any atom is 0.315 e. The zero-order chi connectivity index (χ0) is 11.0. The molecule has 0 atom stereocenters. The van der Waals surface area contributed by atoms with E-state index in [1.807, 2.05) is 0 Å². The van der Waals surface area contributed by atoms with Crippen LogP contribution in [0.15, 0.2) is 0 Å². The molecule has 5 heteroatoms. The van der Waals surface area contributed by atoms with Crippen LogP contribution < -0.4 is 5.32 Å². The zero-order valence-electron chi connectivity index (χ0n) is 8.46. The van der Waals surface area contributed by atoms with Crippen molar-refractivity contribution >= 4 is 17.7 Å². The second kappa shape index (κ2) is 7.06. The molecule has 0 aromatic carbocycles. The predicted octanol–water partition coefficient (Wildman–Crippen LogP) is 0.0349. The first-order valence-electron chi connectivity index (χ1n) is 4.54. The first-order valence-corrected chi connectivity index (χ1v) is 4.54. The summed E-state index contributed by atoms with van der Waals surface area (Å²) in [6.07, 6.45) is 0.0462. The summed E-state index contributed by atoms with van der Waals surface area (Å²) in [4.78, 5) is 32.6. The molecule has 0 bridgehead atoms. The molecule has 0 radical (unpaired) electrons. The third-order valence-corrected chi connectivity index (χ3v) is 1.49. The minimum atomic E-state index is -0.575. The number of carbonyl (C=O) groups is 3. The highest BCUT2D eigenvalue weighted by Gasteiger charge is 2.10. The zero-order valence-corrected chi connectivity index (χ0v) is 8.46. The van der Waals surface area contributed by atoms with Crippen molar-refractivity contribution in [2.75, 3.05) is 13.2 Å². The van der Waals surface area contributed by atoms with Gasteiger partial charge in [-0.3, -0.25) is 14.4 Å². The Morgan fingerprint density at radius 3 is 2.36 bits per heavy atom. The first-order chi connectivity index (χ1) is 6.60. The fourth-order valence-corrected chi connectivity index (χ4v) is 0.728.